The first-order chi connectivity index (χ1) is 13.8. The highest BCUT2D eigenvalue weighted by Crippen LogP contribution is 2.40. The van der Waals surface area contributed by atoms with Crippen LogP contribution in [0.3, 0.4) is 0 Å². The van der Waals surface area contributed by atoms with E-state index >= 15 is 0 Å². The number of hydrogen-bond donors (Lipinski definition) is 2. The largest absolute Gasteiger partial charge is 0.480 e. The molecule has 0 spiro atoms. The molecule has 2 N–H and O–H groups in total. The lowest BCUT2D eigenvalue weighted by Gasteiger charge is -2.48. The van der Waals surface area contributed by atoms with Gasteiger partial charge in [-0.2, -0.15) is 13.2 Å². The number of piperazine rings is 1. The van der Waals surface area contributed by atoms with Gasteiger partial charge in [0.15, 0.2) is 5.60 Å². The number of aliphatic hydroxyl groups is 1. The summed E-state index contributed by atoms with van der Waals surface area (Å²) in [6, 6.07) is 5.82. The minimum absolute atomic E-state index is 0.133. The SMILES string of the molecule is CC(C)C(=O)N1[C@H](C)CN([C@H](CC(C)(O)C(F)(F)F)c2ccccc2)C[C@@H]1C(=O)O. The smallest absolute Gasteiger partial charge is 0.416 e. The Bertz CT molecular complexity index is 752. The van der Waals surface area contributed by atoms with Gasteiger partial charge in [0.1, 0.15) is 6.04 Å². The van der Waals surface area contributed by atoms with Crippen molar-refractivity contribution in [1.29, 1.82) is 0 Å². The van der Waals surface area contributed by atoms with Gasteiger partial charge in [0.05, 0.1) is 0 Å². The maximum absolute atomic E-state index is 13.4. The molecule has 1 aliphatic rings. The zero-order valence-electron chi connectivity index (χ0n) is 17.6. The number of amides is 1. The summed E-state index contributed by atoms with van der Waals surface area (Å²) in [5.74, 6) is -1.93. The molecule has 1 amide bonds. The second-order valence-corrected chi connectivity index (χ2v) is 8.46. The molecule has 1 aliphatic heterocycles. The molecule has 168 valence electrons. The van der Waals surface area contributed by atoms with E-state index in [9.17, 15) is 33.0 Å². The molecule has 30 heavy (non-hydrogen) atoms. The number of rotatable bonds is 6. The van der Waals surface area contributed by atoms with E-state index in [1.807, 2.05) is 0 Å². The zero-order chi connectivity index (χ0) is 22.9. The van der Waals surface area contributed by atoms with Gasteiger partial charge in [-0.3, -0.25) is 9.69 Å². The Balaban J connectivity index is 2.42. The first kappa shape index (κ1) is 24.1. The van der Waals surface area contributed by atoms with Crippen LogP contribution in [-0.4, -0.2) is 68.8 Å². The Labute approximate surface area is 174 Å². The molecule has 0 aliphatic carbocycles. The van der Waals surface area contributed by atoms with Crippen molar-refractivity contribution in [3.05, 3.63) is 35.9 Å². The first-order valence-corrected chi connectivity index (χ1v) is 9.89. The Morgan fingerprint density at radius 2 is 1.73 bits per heavy atom. The van der Waals surface area contributed by atoms with Crippen LogP contribution in [0, 0.1) is 5.92 Å². The molecule has 0 saturated carbocycles. The van der Waals surface area contributed by atoms with Gasteiger partial charge in [-0.1, -0.05) is 44.2 Å². The third kappa shape index (κ3) is 5.13. The minimum atomic E-state index is -4.84. The van der Waals surface area contributed by atoms with Gasteiger partial charge in [-0.25, -0.2) is 4.79 Å². The number of alkyl halides is 3. The molecule has 9 heteroatoms. The highest BCUT2D eigenvalue weighted by Gasteiger charge is 2.52. The molecular weight excluding hydrogens is 401 g/mol. The third-order valence-corrected chi connectivity index (χ3v) is 5.58. The number of carbonyl (C=O) groups excluding carboxylic acids is 1. The van der Waals surface area contributed by atoms with Crippen molar-refractivity contribution in [2.24, 2.45) is 5.92 Å². The Hall–Kier alpha value is -2.13. The van der Waals surface area contributed by atoms with Crippen LogP contribution in [0.4, 0.5) is 13.2 Å². The fraction of sp³-hybridized carbons (Fsp3) is 0.619. The molecule has 4 atom stereocenters. The number of halogens is 3. The Morgan fingerprint density at radius 1 is 1.17 bits per heavy atom. The average Bonchev–Trinajstić information content (AvgIpc) is 2.64. The lowest BCUT2D eigenvalue weighted by molar-refractivity contribution is -0.259. The molecule has 0 bridgehead atoms. The molecule has 1 aromatic carbocycles. The second kappa shape index (κ2) is 8.93. The van der Waals surface area contributed by atoms with Gasteiger partial charge in [-0.05, 0) is 19.4 Å². The average molecular weight is 430 g/mol. The molecule has 1 unspecified atom stereocenters. The first-order valence-electron chi connectivity index (χ1n) is 9.89. The van der Waals surface area contributed by atoms with Crippen molar-refractivity contribution >= 4 is 11.9 Å². The topological polar surface area (TPSA) is 81.1 Å². The van der Waals surface area contributed by atoms with Gasteiger partial charge < -0.3 is 15.1 Å². The summed E-state index contributed by atoms with van der Waals surface area (Å²) in [4.78, 5) is 27.5. The monoisotopic (exact) mass is 430 g/mol. The van der Waals surface area contributed by atoms with Crippen molar-refractivity contribution < 1.29 is 33.0 Å². The van der Waals surface area contributed by atoms with Crippen LogP contribution < -0.4 is 0 Å². The molecular formula is C21H29F3N2O4. The summed E-state index contributed by atoms with van der Waals surface area (Å²) < 4.78 is 40.2. The van der Waals surface area contributed by atoms with Gasteiger partial charge in [0, 0.05) is 37.5 Å². The van der Waals surface area contributed by atoms with Crippen LogP contribution in [0.1, 0.15) is 45.7 Å². The second-order valence-electron chi connectivity index (χ2n) is 8.46. The van der Waals surface area contributed by atoms with Crippen molar-refractivity contribution in [2.75, 3.05) is 13.1 Å². The maximum Gasteiger partial charge on any atom is 0.416 e. The quantitative estimate of drug-likeness (QED) is 0.725. The number of hydrogen-bond acceptors (Lipinski definition) is 4. The number of aliphatic carboxylic acids is 1. The summed E-state index contributed by atoms with van der Waals surface area (Å²) in [7, 11) is 0. The number of carboxylic acids is 1. The van der Waals surface area contributed by atoms with E-state index < -0.39 is 48.2 Å². The number of carbonyl (C=O) groups is 2. The summed E-state index contributed by atoms with van der Waals surface area (Å²) in [6.07, 6.45) is -5.50. The molecule has 1 aromatic rings. The lowest BCUT2D eigenvalue weighted by atomic mass is 9.89. The number of benzene rings is 1. The fourth-order valence-electron chi connectivity index (χ4n) is 3.86. The molecule has 6 nitrogen and oxygen atoms in total. The van der Waals surface area contributed by atoms with E-state index in [1.54, 1.807) is 56.0 Å². The van der Waals surface area contributed by atoms with E-state index in [1.165, 1.54) is 4.90 Å². The normalized spacial score (nSPS) is 23.8. The molecule has 1 heterocycles. The Kier molecular flexibility index (Phi) is 7.19. The van der Waals surface area contributed by atoms with Crippen molar-refractivity contribution in [2.45, 2.75) is 64.0 Å². The van der Waals surface area contributed by atoms with Crippen molar-refractivity contribution in [3.63, 3.8) is 0 Å². The van der Waals surface area contributed by atoms with Crippen LogP contribution in [0.2, 0.25) is 0 Å². The van der Waals surface area contributed by atoms with Crippen LogP contribution >= 0.6 is 0 Å². The van der Waals surface area contributed by atoms with Crippen molar-refractivity contribution in [1.82, 2.24) is 9.80 Å². The predicted molar refractivity (Wildman–Crippen MR) is 105 cm³/mol. The van der Waals surface area contributed by atoms with Crippen LogP contribution in [0.5, 0.6) is 0 Å². The van der Waals surface area contributed by atoms with Gasteiger partial charge >= 0.3 is 12.1 Å². The van der Waals surface area contributed by atoms with Gasteiger partial charge in [-0.15, -0.1) is 0 Å². The standard InChI is InChI=1S/C21H29F3N2O4/c1-13(2)18(27)26-14(3)11-25(12-17(26)19(28)29)16(15-8-6-5-7-9-15)10-20(4,30)21(22,23)24/h5-9,13-14,16-17,30H,10-12H2,1-4H3,(H,28,29)/t14-,16-,17-,20?/m1/s1. The van der Waals surface area contributed by atoms with Crippen LogP contribution in [-0.2, 0) is 9.59 Å². The molecule has 0 radical (unpaired) electrons. The number of carboxylic acid groups (broad SMARTS) is 1. The molecule has 2 rings (SSSR count). The van der Waals surface area contributed by atoms with Crippen LogP contribution in [0.25, 0.3) is 0 Å². The zero-order valence-corrected chi connectivity index (χ0v) is 17.6. The van der Waals surface area contributed by atoms with Gasteiger partial charge in [0.2, 0.25) is 5.91 Å². The van der Waals surface area contributed by atoms with E-state index in [2.05, 4.69) is 0 Å². The highest BCUT2D eigenvalue weighted by molar-refractivity contribution is 5.85. The fourth-order valence-corrected chi connectivity index (χ4v) is 3.86. The summed E-state index contributed by atoms with van der Waals surface area (Å²) in [5.41, 5.74) is -2.41. The van der Waals surface area contributed by atoms with E-state index in [0.717, 1.165) is 6.92 Å². The van der Waals surface area contributed by atoms with Gasteiger partial charge in [0.25, 0.3) is 0 Å². The minimum Gasteiger partial charge on any atom is -0.480 e. The van der Waals surface area contributed by atoms with Crippen LogP contribution in [0.15, 0.2) is 30.3 Å². The predicted octanol–water partition coefficient (Wildman–Crippen LogP) is 3.07. The molecule has 0 aromatic heterocycles. The number of nitrogens with zero attached hydrogens (tertiary/aromatic N) is 2. The Morgan fingerprint density at radius 3 is 2.20 bits per heavy atom. The van der Waals surface area contributed by atoms with Crippen molar-refractivity contribution in [3.8, 4) is 0 Å². The summed E-state index contributed by atoms with van der Waals surface area (Å²) in [6.45, 7) is 5.81. The highest BCUT2D eigenvalue weighted by atomic mass is 19.4. The van der Waals surface area contributed by atoms with E-state index in [4.69, 9.17) is 0 Å². The van der Waals surface area contributed by atoms with E-state index in [-0.39, 0.29) is 19.0 Å². The summed E-state index contributed by atoms with van der Waals surface area (Å²) >= 11 is 0. The molecule has 1 fully saturated rings. The third-order valence-electron chi connectivity index (χ3n) is 5.58. The summed E-state index contributed by atoms with van der Waals surface area (Å²) in [5, 5.41) is 19.9. The lowest BCUT2D eigenvalue weighted by Crippen LogP contribution is -2.63. The van der Waals surface area contributed by atoms with E-state index in [0.29, 0.717) is 5.56 Å². The maximum atomic E-state index is 13.4. The molecule has 1 saturated heterocycles.